The summed E-state index contributed by atoms with van der Waals surface area (Å²) in [6.45, 7) is 4.40. The standard InChI is InChI=1S/C15H20N4O2/c1-3-18-8-4-6-11(18)10-13-16-14-12(15(20)21-2)7-5-9-19(14)17-13/h5,7,9,11H,3-4,6,8,10H2,1-2H3. The van der Waals surface area contributed by atoms with Crippen LogP contribution in [0.25, 0.3) is 5.65 Å². The summed E-state index contributed by atoms with van der Waals surface area (Å²) in [5.74, 6) is 0.410. The summed E-state index contributed by atoms with van der Waals surface area (Å²) in [6, 6.07) is 4.01. The quantitative estimate of drug-likeness (QED) is 0.799. The van der Waals surface area contributed by atoms with Gasteiger partial charge in [-0.1, -0.05) is 6.92 Å². The van der Waals surface area contributed by atoms with Gasteiger partial charge in [0.2, 0.25) is 0 Å². The second-order valence-corrected chi connectivity index (χ2v) is 5.34. The maximum atomic E-state index is 11.8. The molecular weight excluding hydrogens is 268 g/mol. The SMILES string of the molecule is CCN1CCCC1Cc1nc2c(C(=O)OC)cccn2n1. The van der Waals surface area contributed by atoms with Crippen molar-refractivity contribution in [2.45, 2.75) is 32.2 Å². The minimum absolute atomic E-state index is 0.379. The lowest BCUT2D eigenvalue weighted by Crippen LogP contribution is -2.31. The number of hydrogen-bond acceptors (Lipinski definition) is 5. The van der Waals surface area contributed by atoms with Crippen LogP contribution in [0.3, 0.4) is 0 Å². The monoisotopic (exact) mass is 288 g/mol. The summed E-state index contributed by atoms with van der Waals surface area (Å²) in [5, 5.41) is 4.49. The first-order valence-corrected chi connectivity index (χ1v) is 7.39. The number of pyridine rings is 1. The largest absolute Gasteiger partial charge is 0.465 e. The average Bonchev–Trinajstić information content (AvgIpc) is 3.11. The van der Waals surface area contributed by atoms with Gasteiger partial charge in [-0.2, -0.15) is 5.10 Å². The number of fused-ring (bicyclic) bond motifs is 1. The van der Waals surface area contributed by atoms with Gasteiger partial charge in [-0.15, -0.1) is 0 Å². The minimum Gasteiger partial charge on any atom is -0.465 e. The van der Waals surface area contributed by atoms with Crippen molar-refractivity contribution in [3.8, 4) is 0 Å². The van der Waals surface area contributed by atoms with E-state index >= 15 is 0 Å². The van der Waals surface area contributed by atoms with Gasteiger partial charge >= 0.3 is 5.97 Å². The van der Waals surface area contributed by atoms with Gasteiger partial charge in [0, 0.05) is 18.7 Å². The van der Waals surface area contributed by atoms with Gasteiger partial charge in [-0.25, -0.2) is 14.3 Å². The fraction of sp³-hybridized carbons (Fsp3) is 0.533. The van der Waals surface area contributed by atoms with Crippen LogP contribution in [0.5, 0.6) is 0 Å². The van der Waals surface area contributed by atoms with Gasteiger partial charge in [-0.05, 0) is 38.1 Å². The maximum absolute atomic E-state index is 11.8. The van der Waals surface area contributed by atoms with E-state index in [1.807, 2.05) is 6.20 Å². The molecule has 2 aromatic heterocycles. The third kappa shape index (κ3) is 2.63. The number of likely N-dealkylation sites (N-methyl/N-ethyl adjacent to an activating group) is 1. The summed E-state index contributed by atoms with van der Waals surface area (Å²) >= 11 is 0. The third-order valence-corrected chi connectivity index (χ3v) is 4.13. The smallest absolute Gasteiger partial charge is 0.341 e. The molecule has 0 amide bonds. The van der Waals surface area contributed by atoms with E-state index in [1.54, 1.807) is 16.6 Å². The molecule has 3 heterocycles. The van der Waals surface area contributed by atoms with E-state index in [4.69, 9.17) is 4.74 Å². The van der Waals surface area contributed by atoms with Crippen molar-refractivity contribution < 1.29 is 9.53 Å². The summed E-state index contributed by atoms with van der Waals surface area (Å²) in [4.78, 5) is 18.8. The number of carbonyl (C=O) groups is 1. The predicted octanol–water partition coefficient (Wildman–Crippen LogP) is 1.54. The molecule has 112 valence electrons. The van der Waals surface area contributed by atoms with Crippen molar-refractivity contribution in [1.82, 2.24) is 19.5 Å². The molecular formula is C15H20N4O2. The summed E-state index contributed by atoms with van der Waals surface area (Å²) in [6.07, 6.45) is 5.06. The number of likely N-dealkylation sites (tertiary alicyclic amines) is 1. The summed E-state index contributed by atoms with van der Waals surface area (Å²) < 4.78 is 6.45. The Morgan fingerprint density at radius 2 is 2.38 bits per heavy atom. The Morgan fingerprint density at radius 1 is 1.52 bits per heavy atom. The van der Waals surface area contributed by atoms with E-state index in [9.17, 15) is 4.79 Å². The molecule has 6 nitrogen and oxygen atoms in total. The molecule has 1 fully saturated rings. The molecule has 0 N–H and O–H groups in total. The molecule has 1 aliphatic rings. The third-order valence-electron chi connectivity index (χ3n) is 4.13. The molecule has 0 aliphatic carbocycles. The van der Waals surface area contributed by atoms with Gasteiger partial charge in [0.05, 0.1) is 7.11 Å². The van der Waals surface area contributed by atoms with E-state index < -0.39 is 0 Å². The summed E-state index contributed by atoms with van der Waals surface area (Å²) in [7, 11) is 1.38. The molecule has 0 bridgehead atoms. The zero-order valence-corrected chi connectivity index (χ0v) is 12.5. The van der Waals surface area contributed by atoms with Crippen molar-refractivity contribution in [3.05, 3.63) is 29.7 Å². The molecule has 1 atom stereocenters. The summed E-state index contributed by atoms with van der Waals surface area (Å²) in [5.41, 5.74) is 1.03. The highest BCUT2D eigenvalue weighted by molar-refractivity contribution is 5.95. The first kappa shape index (κ1) is 14.0. The molecule has 1 saturated heterocycles. The number of methoxy groups -OCH3 is 1. The van der Waals surface area contributed by atoms with Gasteiger partial charge in [0.25, 0.3) is 0 Å². The Morgan fingerprint density at radius 3 is 3.14 bits per heavy atom. The lowest BCUT2D eigenvalue weighted by Gasteiger charge is -2.21. The fourth-order valence-corrected chi connectivity index (χ4v) is 3.06. The molecule has 0 saturated carbocycles. The number of ether oxygens (including phenoxy) is 1. The number of carbonyl (C=O) groups excluding carboxylic acids is 1. The van der Waals surface area contributed by atoms with Crippen LogP contribution in [-0.2, 0) is 11.2 Å². The normalized spacial score (nSPS) is 19.2. The predicted molar refractivity (Wildman–Crippen MR) is 78.3 cm³/mol. The number of aromatic nitrogens is 3. The second kappa shape index (κ2) is 5.81. The molecule has 0 spiro atoms. The lowest BCUT2D eigenvalue weighted by molar-refractivity contribution is 0.0602. The zero-order chi connectivity index (χ0) is 14.8. The van der Waals surface area contributed by atoms with Gasteiger partial charge in [0.15, 0.2) is 11.5 Å². The number of nitrogens with zero attached hydrogens (tertiary/aromatic N) is 4. The van der Waals surface area contributed by atoms with E-state index in [-0.39, 0.29) is 5.97 Å². The van der Waals surface area contributed by atoms with Gasteiger partial charge < -0.3 is 9.64 Å². The zero-order valence-electron chi connectivity index (χ0n) is 12.5. The van der Waals surface area contributed by atoms with Crippen LogP contribution < -0.4 is 0 Å². The van der Waals surface area contributed by atoms with Crippen LogP contribution in [0.4, 0.5) is 0 Å². The number of esters is 1. The molecule has 0 radical (unpaired) electrons. The molecule has 1 unspecified atom stereocenters. The van der Waals surface area contributed by atoms with Crippen molar-refractivity contribution in [2.75, 3.05) is 20.2 Å². The Labute approximate surface area is 123 Å². The number of hydrogen-bond donors (Lipinski definition) is 0. The van der Waals surface area contributed by atoms with Crippen molar-refractivity contribution in [1.29, 1.82) is 0 Å². The number of rotatable bonds is 4. The topological polar surface area (TPSA) is 59.7 Å². The van der Waals surface area contributed by atoms with E-state index in [1.165, 1.54) is 20.0 Å². The molecule has 1 aliphatic heterocycles. The van der Waals surface area contributed by atoms with Crippen LogP contribution >= 0.6 is 0 Å². The minimum atomic E-state index is -0.379. The Balaban J connectivity index is 1.89. The van der Waals surface area contributed by atoms with Gasteiger partial charge in [0.1, 0.15) is 5.56 Å². The van der Waals surface area contributed by atoms with Crippen molar-refractivity contribution in [3.63, 3.8) is 0 Å². The highest BCUT2D eigenvalue weighted by Crippen LogP contribution is 2.20. The van der Waals surface area contributed by atoms with E-state index in [0.29, 0.717) is 17.3 Å². The fourth-order valence-electron chi connectivity index (χ4n) is 3.06. The highest BCUT2D eigenvalue weighted by Gasteiger charge is 2.25. The molecule has 21 heavy (non-hydrogen) atoms. The Hall–Kier alpha value is -1.95. The van der Waals surface area contributed by atoms with Crippen LogP contribution in [0.15, 0.2) is 18.3 Å². The first-order chi connectivity index (χ1) is 10.2. The Bertz CT molecular complexity index is 652. The second-order valence-electron chi connectivity index (χ2n) is 5.34. The maximum Gasteiger partial charge on any atom is 0.341 e. The molecule has 0 aromatic carbocycles. The van der Waals surface area contributed by atoms with E-state index in [0.717, 1.165) is 25.3 Å². The molecule has 6 heteroatoms. The lowest BCUT2D eigenvalue weighted by atomic mass is 10.1. The van der Waals surface area contributed by atoms with Crippen molar-refractivity contribution >= 4 is 11.6 Å². The van der Waals surface area contributed by atoms with Crippen LogP contribution in [0.1, 0.15) is 35.9 Å². The van der Waals surface area contributed by atoms with Crippen LogP contribution in [0.2, 0.25) is 0 Å². The van der Waals surface area contributed by atoms with Crippen LogP contribution in [0, 0.1) is 0 Å². The molecule has 2 aromatic rings. The highest BCUT2D eigenvalue weighted by atomic mass is 16.5. The first-order valence-electron chi connectivity index (χ1n) is 7.39. The van der Waals surface area contributed by atoms with E-state index in [2.05, 4.69) is 21.9 Å². The molecule has 3 rings (SSSR count). The Kier molecular flexibility index (Phi) is 3.88. The average molecular weight is 288 g/mol. The van der Waals surface area contributed by atoms with Crippen molar-refractivity contribution in [2.24, 2.45) is 0 Å². The van der Waals surface area contributed by atoms with Crippen LogP contribution in [-0.4, -0.2) is 51.7 Å². The van der Waals surface area contributed by atoms with Gasteiger partial charge in [-0.3, -0.25) is 0 Å².